The Kier molecular flexibility index (Phi) is 3.88. The van der Waals surface area contributed by atoms with Crippen LogP contribution in [0.15, 0.2) is 57.1 Å². The van der Waals surface area contributed by atoms with Gasteiger partial charge in [0.2, 0.25) is 5.91 Å². The summed E-state index contributed by atoms with van der Waals surface area (Å²) in [6.45, 7) is -0.168. The lowest BCUT2D eigenvalue weighted by Crippen LogP contribution is -2.33. The summed E-state index contributed by atoms with van der Waals surface area (Å²) in [6.07, 6.45) is 0. The summed E-state index contributed by atoms with van der Waals surface area (Å²) in [7, 11) is 1.66. The molecule has 112 valence electrons. The predicted molar refractivity (Wildman–Crippen MR) is 83.9 cm³/mol. The lowest BCUT2D eigenvalue weighted by atomic mass is 10.3. The van der Waals surface area contributed by atoms with E-state index in [1.165, 1.54) is 16.2 Å². The minimum absolute atomic E-state index is 0.168. The molecule has 0 unspecified atom stereocenters. The third-order valence-electron chi connectivity index (χ3n) is 3.14. The molecule has 0 aliphatic carbocycles. The van der Waals surface area contributed by atoms with Crippen LogP contribution in [0.25, 0.3) is 10.8 Å². The van der Waals surface area contributed by atoms with E-state index in [1.54, 1.807) is 13.1 Å². The van der Waals surface area contributed by atoms with E-state index in [4.69, 9.17) is 4.42 Å². The Morgan fingerprint density at radius 1 is 1.27 bits per heavy atom. The Bertz CT molecular complexity index is 821. The zero-order chi connectivity index (χ0) is 15.5. The Morgan fingerprint density at radius 3 is 2.73 bits per heavy atom. The summed E-state index contributed by atoms with van der Waals surface area (Å²) in [6, 6.07) is 12.8. The molecule has 3 rings (SSSR count). The molecular weight excluding hydrogens is 302 g/mol. The Hall–Kier alpha value is -2.67. The SMILES string of the molecule is CN(C(=O)Cn1nc(-c2cccs2)oc1=O)c1ccccc1. The van der Waals surface area contributed by atoms with Gasteiger partial charge in [-0.25, -0.2) is 4.79 Å². The number of benzene rings is 1. The Balaban J connectivity index is 1.79. The summed E-state index contributed by atoms with van der Waals surface area (Å²) in [5, 5.41) is 5.93. The number of likely N-dealkylation sites (N-methyl/N-ethyl adjacent to an activating group) is 1. The molecule has 0 N–H and O–H groups in total. The summed E-state index contributed by atoms with van der Waals surface area (Å²) in [4.78, 5) is 26.3. The molecule has 1 aromatic carbocycles. The van der Waals surface area contributed by atoms with E-state index in [1.807, 2.05) is 41.8 Å². The van der Waals surface area contributed by atoms with E-state index in [0.29, 0.717) is 0 Å². The fourth-order valence-corrected chi connectivity index (χ4v) is 2.58. The molecule has 0 spiro atoms. The minimum atomic E-state index is -0.641. The van der Waals surface area contributed by atoms with Crippen LogP contribution in [0.2, 0.25) is 0 Å². The molecule has 0 aliphatic heterocycles. The number of nitrogens with zero attached hydrogens (tertiary/aromatic N) is 3. The van der Waals surface area contributed by atoms with Gasteiger partial charge in [0.25, 0.3) is 5.89 Å². The predicted octanol–water partition coefficient (Wildman–Crippen LogP) is 2.23. The van der Waals surface area contributed by atoms with Crippen molar-refractivity contribution in [1.82, 2.24) is 9.78 Å². The van der Waals surface area contributed by atoms with Gasteiger partial charge < -0.3 is 9.32 Å². The van der Waals surface area contributed by atoms with Gasteiger partial charge in [0.15, 0.2) is 0 Å². The van der Waals surface area contributed by atoms with Crippen molar-refractivity contribution in [2.45, 2.75) is 6.54 Å². The van der Waals surface area contributed by atoms with Gasteiger partial charge in [-0.3, -0.25) is 4.79 Å². The number of carbonyl (C=O) groups excluding carboxylic acids is 1. The monoisotopic (exact) mass is 315 g/mol. The number of aromatic nitrogens is 2. The minimum Gasteiger partial charge on any atom is -0.387 e. The van der Waals surface area contributed by atoms with E-state index >= 15 is 0 Å². The molecule has 0 radical (unpaired) electrons. The highest BCUT2D eigenvalue weighted by Gasteiger charge is 2.17. The first-order valence-corrected chi connectivity index (χ1v) is 7.46. The first-order chi connectivity index (χ1) is 10.6. The highest BCUT2D eigenvalue weighted by Crippen LogP contribution is 2.21. The summed E-state index contributed by atoms with van der Waals surface area (Å²) < 4.78 is 6.12. The van der Waals surface area contributed by atoms with Crippen LogP contribution in [0, 0.1) is 0 Å². The van der Waals surface area contributed by atoms with E-state index < -0.39 is 5.76 Å². The van der Waals surface area contributed by atoms with Crippen LogP contribution in [0.1, 0.15) is 0 Å². The standard InChI is InChI=1S/C15H13N3O3S/c1-17(11-6-3-2-4-7-11)13(19)10-18-15(20)21-14(16-18)12-8-5-9-22-12/h2-9H,10H2,1H3. The number of carbonyl (C=O) groups is 1. The Morgan fingerprint density at radius 2 is 2.05 bits per heavy atom. The van der Waals surface area contributed by atoms with Gasteiger partial charge in [0, 0.05) is 12.7 Å². The second-order valence-corrected chi connectivity index (χ2v) is 5.54. The number of thiophene rings is 1. The number of anilines is 1. The maximum Gasteiger partial charge on any atom is 0.437 e. The van der Waals surface area contributed by atoms with Crippen LogP contribution in [0.5, 0.6) is 0 Å². The highest BCUT2D eigenvalue weighted by molar-refractivity contribution is 7.13. The van der Waals surface area contributed by atoms with Crippen molar-refractivity contribution < 1.29 is 9.21 Å². The lowest BCUT2D eigenvalue weighted by molar-refractivity contribution is -0.119. The molecule has 0 aliphatic rings. The quantitative estimate of drug-likeness (QED) is 0.740. The molecule has 0 fully saturated rings. The van der Waals surface area contributed by atoms with Crippen LogP contribution >= 0.6 is 11.3 Å². The molecule has 3 aromatic rings. The molecule has 7 heteroatoms. The number of para-hydroxylation sites is 1. The number of rotatable bonds is 4. The molecule has 2 aromatic heterocycles. The van der Waals surface area contributed by atoms with Crippen LogP contribution < -0.4 is 10.7 Å². The van der Waals surface area contributed by atoms with Crippen molar-refractivity contribution in [3.05, 3.63) is 58.4 Å². The lowest BCUT2D eigenvalue weighted by Gasteiger charge is -2.16. The summed E-state index contributed by atoms with van der Waals surface area (Å²) in [5.41, 5.74) is 0.752. The van der Waals surface area contributed by atoms with Crippen LogP contribution in [-0.2, 0) is 11.3 Å². The van der Waals surface area contributed by atoms with Gasteiger partial charge in [-0.1, -0.05) is 24.3 Å². The molecule has 22 heavy (non-hydrogen) atoms. The summed E-state index contributed by atoms with van der Waals surface area (Å²) >= 11 is 1.42. The second kappa shape index (κ2) is 5.98. The van der Waals surface area contributed by atoms with Crippen molar-refractivity contribution in [1.29, 1.82) is 0 Å². The van der Waals surface area contributed by atoms with E-state index in [0.717, 1.165) is 15.2 Å². The number of hydrogen-bond acceptors (Lipinski definition) is 5. The normalized spacial score (nSPS) is 10.6. The molecule has 2 heterocycles. The van der Waals surface area contributed by atoms with Crippen LogP contribution in [0.3, 0.4) is 0 Å². The zero-order valence-electron chi connectivity index (χ0n) is 11.8. The maximum absolute atomic E-state index is 12.2. The molecular formula is C15H13N3O3S. The van der Waals surface area contributed by atoms with Crippen molar-refractivity contribution >= 4 is 22.9 Å². The van der Waals surface area contributed by atoms with Crippen LogP contribution in [0.4, 0.5) is 5.69 Å². The number of amides is 1. The van der Waals surface area contributed by atoms with Gasteiger partial charge in [-0.05, 0) is 23.6 Å². The summed E-state index contributed by atoms with van der Waals surface area (Å²) in [5.74, 6) is -0.660. The molecule has 0 saturated carbocycles. The smallest absolute Gasteiger partial charge is 0.387 e. The van der Waals surface area contributed by atoms with Crippen LogP contribution in [-0.4, -0.2) is 22.7 Å². The maximum atomic E-state index is 12.2. The molecule has 0 bridgehead atoms. The van der Waals surface area contributed by atoms with Crippen molar-refractivity contribution in [3.8, 4) is 10.8 Å². The van der Waals surface area contributed by atoms with Crippen molar-refractivity contribution in [3.63, 3.8) is 0 Å². The number of hydrogen-bond donors (Lipinski definition) is 0. The van der Waals surface area contributed by atoms with Crippen molar-refractivity contribution in [2.75, 3.05) is 11.9 Å². The van der Waals surface area contributed by atoms with Gasteiger partial charge in [-0.15, -0.1) is 16.4 Å². The fraction of sp³-hybridized carbons (Fsp3) is 0.133. The van der Waals surface area contributed by atoms with Gasteiger partial charge in [-0.2, -0.15) is 4.68 Å². The molecule has 1 amide bonds. The van der Waals surface area contributed by atoms with Gasteiger partial charge in [0.1, 0.15) is 6.54 Å². The molecule has 0 atom stereocenters. The Labute approximate surface area is 130 Å². The average molecular weight is 315 g/mol. The topological polar surface area (TPSA) is 68.3 Å². The average Bonchev–Trinajstić information content (AvgIpc) is 3.18. The molecule has 0 saturated heterocycles. The van der Waals surface area contributed by atoms with Gasteiger partial charge in [0.05, 0.1) is 4.88 Å². The van der Waals surface area contributed by atoms with E-state index in [9.17, 15) is 9.59 Å². The largest absolute Gasteiger partial charge is 0.437 e. The van der Waals surface area contributed by atoms with Crippen molar-refractivity contribution in [2.24, 2.45) is 0 Å². The fourth-order valence-electron chi connectivity index (χ4n) is 1.94. The van der Waals surface area contributed by atoms with Gasteiger partial charge >= 0.3 is 5.76 Å². The zero-order valence-corrected chi connectivity index (χ0v) is 12.6. The first-order valence-electron chi connectivity index (χ1n) is 6.58. The highest BCUT2D eigenvalue weighted by atomic mass is 32.1. The third-order valence-corrected chi connectivity index (χ3v) is 4.00. The second-order valence-electron chi connectivity index (χ2n) is 4.60. The van der Waals surface area contributed by atoms with E-state index in [-0.39, 0.29) is 18.3 Å². The van der Waals surface area contributed by atoms with E-state index in [2.05, 4.69) is 5.10 Å². The molecule has 6 nitrogen and oxygen atoms in total. The third kappa shape index (κ3) is 2.84. The first kappa shape index (κ1) is 14.3.